The standard InChI is InChI=1S/C13H13N3O/c1-16-7-6-15-13(16)8-11-2-4-12(5-3-11)9-14-10-17/h2-7H,8-9H2,1H3. The molecule has 0 bridgehead atoms. The zero-order valence-electron chi connectivity index (χ0n) is 9.63. The van der Waals surface area contributed by atoms with Crippen molar-refractivity contribution in [2.75, 3.05) is 0 Å². The van der Waals surface area contributed by atoms with E-state index in [4.69, 9.17) is 0 Å². The molecule has 0 fully saturated rings. The van der Waals surface area contributed by atoms with Gasteiger partial charge in [-0.2, -0.15) is 0 Å². The van der Waals surface area contributed by atoms with Crippen molar-refractivity contribution in [3.63, 3.8) is 0 Å². The summed E-state index contributed by atoms with van der Waals surface area (Å²) in [6.07, 6.45) is 6.07. The molecular weight excluding hydrogens is 214 g/mol. The van der Waals surface area contributed by atoms with E-state index in [1.54, 1.807) is 6.20 Å². The van der Waals surface area contributed by atoms with Crippen LogP contribution in [0.15, 0.2) is 41.7 Å². The van der Waals surface area contributed by atoms with Crippen LogP contribution in [-0.2, 0) is 24.8 Å². The fourth-order valence-electron chi connectivity index (χ4n) is 1.64. The van der Waals surface area contributed by atoms with E-state index in [0.717, 1.165) is 17.8 Å². The highest BCUT2D eigenvalue weighted by Crippen LogP contribution is 2.09. The number of benzene rings is 1. The van der Waals surface area contributed by atoms with Gasteiger partial charge in [-0.05, 0) is 11.1 Å². The maximum absolute atomic E-state index is 9.99. The van der Waals surface area contributed by atoms with Crippen molar-refractivity contribution in [3.05, 3.63) is 53.6 Å². The van der Waals surface area contributed by atoms with Crippen LogP contribution in [0.5, 0.6) is 0 Å². The van der Waals surface area contributed by atoms with Crippen molar-refractivity contribution in [1.82, 2.24) is 9.55 Å². The molecule has 0 aliphatic heterocycles. The minimum atomic E-state index is 0.395. The number of hydrogen-bond acceptors (Lipinski definition) is 3. The van der Waals surface area contributed by atoms with E-state index in [9.17, 15) is 4.79 Å². The topological polar surface area (TPSA) is 47.2 Å². The van der Waals surface area contributed by atoms with Crippen LogP contribution in [0.1, 0.15) is 17.0 Å². The summed E-state index contributed by atoms with van der Waals surface area (Å²) < 4.78 is 2.00. The fraction of sp³-hybridized carbons (Fsp3) is 0.231. The number of rotatable bonds is 4. The van der Waals surface area contributed by atoms with E-state index in [-0.39, 0.29) is 0 Å². The molecule has 4 nitrogen and oxygen atoms in total. The first kappa shape index (κ1) is 11.3. The van der Waals surface area contributed by atoms with Gasteiger partial charge >= 0.3 is 0 Å². The van der Waals surface area contributed by atoms with Crippen LogP contribution in [0.3, 0.4) is 0 Å². The number of nitrogens with zero attached hydrogens (tertiary/aromatic N) is 3. The summed E-state index contributed by atoms with van der Waals surface area (Å²) in [5.41, 5.74) is 2.20. The van der Waals surface area contributed by atoms with E-state index in [1.165, 1.54) is 11.6 Å². The lowest BCUT2D eigenvalue weighted by atomic mass is 10.1. The minimum Gasteiger partial charge on any atom is -0.338 e. The highest BCUT2D eigenvalue weighted by Gasteiger charge is 2.01. The number of carbonyl (C=O) groups excluding carboxylic acids is 1. The summed E-state index contributed by atoms with van der Waals surface area (Å²) >= 11 is 0. The minimum absolute atomic E-state index is 0.395. The summed E-state index contributed by atoms with van der Waals surface area (Å²) in [6.45, 7) is 0.395. The van der Waals surface area contributed by atoms with Crippen molar-refractivity contribution < 1.29 is 4.79 Å². The van der Waals surface area contributed by atoms with E-state index >= 15 is 0 Å². The second kappa shape index (κ2) is 5.23. The van der Waals surface area contributed by atoms with E-state index in [1.807, 2.05) is 42.1 Å². The lowest BCUT2D eigenvalue weighted by Crippen LogP contribution is -1.98. The van der Waals surface area contributed by atoms with Gasteiger partial charge in [0.1, 0.15) is 5.82 Å². The van der Waals surface area contributed by atoms with Gasteiger partial charge in [-0.1, -0.05) is 24.3 Å². The van der Waals surface area contributed by atoms with Crippen LogP contribution < -0.4 is 0 Å². The molecule has 1 aromatic heterocycles. The normalized spacial score (nSPS) is 9.94. The van der Waals surface area contributed by atoms with Gasteiger partial charge in [0.2, 0.25) is 6.08 Å². The van der Waals surface area contributed by atoms with Crippen molar-refractivity contribution >= 4 is 6.08 Å². The van der Waals surface area contributed by atoms with Gasteiger partial charge in [0.25, 0.3) is 0 Å². The Bertz CT molecular complexity index is 536. The molecule has 1 heterocycles. The number of aryl methyl sites for hydroxylation is 1. The Balaban J connectivity index is 2.08. The van der Waals surface area contributed by atoms with Crippen LogP contribution in [0, 0.1) is 0 Å². The third kappa shape index (κ3) is 2.89. The molecule has 0 aliphatic carbocycles. The molecule has 2 rings (SSSR count). The molecule has 0 N–H and O–H groups in total. The Morgan fingerprint density at radius 2 is 2.00 bits per heavy atom. The molecule has 2 aromatic rings. The lowest BCUT2D eigenvalue weighted by Gasteiger charge is -2.03. The second-order valence-corrected chi connectivity index (χ2v) is 3.86. The smallest absolute Gasteiger partial charge is 0.235 e. The molecule has 0 radical (unpaired) electrons. The third-order valence-corrected chi connectivity index (χ3v) is 2.63. The summed E-state index contributed by atoms with van der Waals surface area (Å²) in [6, 6.07) is 8.01. The van der Waals surface area contributed by atoms with Gasteiger partial charge in [0.05, 0.1) is 6.54 Å². The zero-order valence-corrected chi connectivity index (χ0v) is 9.63. The second-order valence-electron chi connectivity index (χ2n) is 3.86. The molecule has 4 heteroatoms. The van der Waals surface area contributed by atoms with Gasteiger partial charge < -0.3 is 4.57 Å². The number of aliphatic imine (C=N–C) groups is 1. The summed E-state index contributed by atoms with van der Waals surface area (Å²) in [4.78, 5) is 17.8. The number of imidazole rings is 1. The first-order chi connectivity index (χ1) is 8.29. The predicted molar refractivity (Wildman–Crippen MR) is 64.3 cm³/mol. The zero-order chi connectivity index (χ0) is 12.1. The fourth-order valence-corrected chi connectivity index (χ4v) is 1.64. The van der Waals surface area contributed by atoms with Crippen LogP contribution >= 0.6 is 0 Å². The van der Waals surface area contributed by atoms with Crippen LogP contribution in [-0.4, -0.2) is 15.6 Å². The first-order valence-electron chi connectivity index (χ1n) is 5.37. The Hall–Kier alpha value is -2.19. The average Bonchev–Trinajstić information content (AvgIpc) is 2.74. The van der Waals surface area contributed by atoms with E-state index in [2.05, 4.69) is 9.98 Å². The van der Waals surface area contributed by atoms with Crippen molar-refractivity contribution in [1.29, 1.82) is 0 Å². The summed E-state index contributed by atoms with van der Waals surface area (Å²) in [7, 11) is 1.98. The van der Waals surface area contributed by atoms with Crippen LogP contribution in [0.4, 0.5) is 0 Å². The number of aromatic nitrogens is 2. The molecule has 1 aromatic carbocycles. The molecule has 0 atom stereocenters. The highest BCUT2D eigenvalue weighted by molar-refractivity contribution is 5.34. The van der Waals surface area contributed by atoms with Gasteiger partial charge in [-0.3, -0.25) is 0 Å². The average molecular weight is 227 g/mol. The van der Waals surface area contributed by atoms with Crippen molar-refractivity contribution in [2.45, 2.75) is 13.0 Å². The number of hydrogen-bond donors (Lipinski definition) is 0. The van der Waals surface area contributed by atoms with Gasteiger partial charge in [-0.25, -0.2) is 14.8 Å². The first-order valence-corrected chi connectivity index (χ1v) is 5.37. The molecule has 0 spiro atoms. The predicted octanol–water partition coefficient (Wildman–Crippen LogP) is 1.85. The Kier molecular flexibility index (Phi) is 3.48. The van der Waals surface area contributed by atoms with Gasteiger partial charge in [0, 0.05) is 25.9 Å². The SMILES string of the molecule is Cn1ccnc1Cc1ccc(CN=C=O)cc1. The quantitative estimate of drug-likeness (QED) is 0.591. The molecule has 0 aliphatic rings. The van der Waals surface area contributed by atoms with Crippen molar-refractivity contribution in [2.24, 2.45) is 12.0 Å². The molecule has 0 saturated heterocycles. The molecule has 0 saturated carbocycles. The molecule has 17 heavy (non-hydrogen) atoms. The van der Waals surface area contributed by atoms with Crippen LogP contribution in [0.2, 0.25) is 0 Å². The maximum Gasteiger partial charge on any atom is 0.235 e. The summed E-state index contributed by atoms with van der Waals surface area (Å²) in [5.74, 6) is 1.03. The third-order valence-electron chi connectivity index (χ3n) is 2.63. The molecule has 0 amide bonds. The Morgan fingerprint density at radius 1 is 1.29 bits per heavy atom. The maximum atomic E-state index is 9.99. The van der Waals surface area contributed by atoms with Gasteiger partial charge in [-0.15, -0.1) is 0 Å². The monoisotopic (exact) mass is 227 g/mol. The van der Waals surface area contributed by atoms with Crippen molar-refractivity contribution in [3.8, 4) is 0 Å². The van der Waals surface area contributed by atoms with Gasteiger partial charge in [0.15, 0.2) is 0 Å². The van der Waals surface area contributed by atoms with E-state index in [0.29, 0.717) is 6.54 Å². The Labute approximate surface area is 99.6 Å². The molecule has 86 valence electrons. The lowest BCUT2D eigenvalue weighted by molar-refractivity contribution is 0.563. The largest absolute Gasteiger partial charge is 0.338 e. The van der Waals surface area contributed by atoms with E-state index < -0.39 is 0 Å². The highest BCUT2D eigenvalue weighted by atomic mass is 16.1. The summed E-state index contributed by atoms with van der Waals surface area (Å²) in [5, 5.41) is 0. The Morgan fingerprint density at radius 3 is 2.59 bits per heavy atom. The molecular formula is C13H13N3O. The number of isocyanates is 1. The van der Waals surface area contributed by atoms with Crippen LogP contribution in [0.25, 0.3) is 0 Å². The molecule has 0 unspecified atom stereocenters.